The number of hydrogen-bond acceptors (Lipinski definition) is 5. The molecular weight excluding hydrogens is 332 g/mol. The molecule has 6 heteroatoms. The fourth-order valence-electron chi connectivity index (χ4n) is 2.25. The molecule has 1 atom stereocenters. The number of phenolic OH excluding ortho intramolecular Hbond substituents is 1. The van der Waals surface area contributed by atoms with Crippen molar-refractivity contribution in [2.75, 3.05) is 7.11 Å². The van der Waals surface area contributed by atoms with Crippen LogP contribution in [-0.2, 0) is 11.2 Å². The van der Waals surface area contributed by atoms with Gasteiger partial charge in [0, 0.05) is 5.56 Å². The monoisotopic (exact) mass is 354 g/mol. The van der Waals surface area contributed by atoms with Gasteiger partial charge in [-0.3, -0.25) is 4.79 Å². The summed E-state index contributed by atoms with van der Waals surface area (Å²) < 4.78 is 10.7. The predicted molar refractivity (Wildman–Crippen MR) is 101 cm³/mol. The maximum absolute atomic E-state index is 12.1. The SMILES string of the molecule is C=CCc1cc(/C=N\NC(=O)[C@@H](C)Oc2ccccc2)cc(OC)c1O. The van der Waals surface area contributed by atoms with Gasteiger partial charge in [0.25, 0.3) is 5.91 Å². The van der Waals surface area contributed by atoms with Crippen LogP contribution in [0.2, 0.25) is 0 Å². The van der Waals surface area contributed by atoms with Crippen LogP contribution in [-0.4, -0.2) is 30.4 Å². The summed E-state index contributed by atoms with van der Waals surface area (Å²) in [6.45, 7) is 5.31. The minimum Gasteiger partial charge on any atom is -0.504 e. The number of ether oxygens (including phenoxy) is 2. The largest absolute Gasteiger partial charge is 0.504 e. The third kappa shape index (κ3) is 5.11. The molecule has 2 aromatic carbocycles. The molecule has 0 aliphatic carbocycles. The second kappa shape index (κ2) is 9.27. The topological polar surface area (TPSA) is 80.2 Å². The van der Waals surface area contributed by atoms with Crippen molar-refractivity contribution in [1.29, 1.82) is 0 Å². The minimum atomic E-state index is -0.694. The molecule has 136 valence electrons. The second-order valence-corrected chi connectivity index (χ2v) is 5.53. The number of hydrogen-bond donors (Lipinski definition) is 2. The van der Waals surface area contributed by atoms with Gasteiger partial charge in [-0.1, -0.05) is 24.3 Å². The lowest BCUT2D eigenvalue weighted by Gasteiger charge is -2.12. The molecule has 0 heterocycles. The molecule has 6 nitrogen and oxygen atoms in total. The Kier molecular flexibility index (Phi) is 6.79. The summed E-state index contributed by atoms with van der Waals surface area (Å²) in [4.78, 5) is 12.1. The number of nitrogens with one attached hydrogen (secondary N) is 1. The van der Waals surface area contributed by atoms with Gasteiger partial charge in [0.2, 0.25) is 0 Å². The van der Waals surface area contributed by atoms with E-state index in [1.807, 2.05) is 18.2 Å². The number of benzene rings is 2. The summed E-state index contributed by atoms with van der Waals surface area (Å²) in [5.41, 5.74) is 3.77. The molecule has 2 N–H and O–H groups in total. The number of carbonyl (C=O) groups excluding carboxylic acids is 1. The first-order valence-electron chi connectivity index (χ1n) is 8.10. The van der Waals surface area contributed by atoms with Gasteiger partial charge in [-0.15, -0.1) is 6.58 Å². The van der Waals surface area contributed by atoms with Gasteiger partial charge in [-0.05, 0) is 43.2 Å². The van der Waals surface area contributed by atoms with Crippen molar-refractivity contribution in [3.05, 3.63) is 66.2 Å². The molecule has 2 aromatic rings. The van der Waals surface area contributed by atoms with E-state index in [0.717, 1.165) is 0 Å². The summed E-state index contributed by atoms with van der Waals surface area (Å²) in [7, 11) is 1.47. The van der Waals surface area contributed by atoms with Crippen molar-refractivity contribution >= 4 is 12.1 Å². The number of nitrogens with zero attached hydrogens (tertiary/aromatic N) is 1. The van der Waals surface area contributed by atoms with E-state index in [-0.39, 0.29) is 11.7 Å². The van der Waals surface area contributed by atoms with Gasteiger partial charge >= 0.3 is 0 Å². The average Bonchev–Trinajstić information content (AvgIpc) is 2.65. The lowest BCUT2D eigenvalue weighted by atomic mass is 10.1. The molecule has 0 spiro atoms. The van der Waals surface area contributed by atoms with Gasteiger partial charge in [0.15, 0.2) is 17.6 Å². The van der Waals surface area contributed by atoms with Crippen LogP contribution in [0.3, 0.4) is 0 Å². The highest BCUT2D eigenvalue weighted by molar-refractivity contribution is 5.85. The van der Waals surface area contributed by atoms with E-state index < -0.39 is 6.10 Å². The first-order valence-corrected chi connectivity index (χ1v) is 8.10. The molecule has 0 aliphatic rings. The summed E-state index contributed by atoms with van der Waals surface area (Å²) in [5.74, 6) is 0.634. The molecule has 0 saturated carbocycles. The van der Waals surface area contributed by atoms with E-state index in [1.165, 1.54) is 13.3 Å². The summed E-state index contributed by atoms with van der Waals surface area (Å²) in [6, 6.07) is 12.5. The van der Waals surface area contributed by atoms with Crippen LogP contribution < -0.4 is 14.9 Å². The first kappa shape index (κ1) is 19.1. The Morgan fingerprint density at radius 2 is 2.08 bits per heavy atom. The zero-order valence-corrected chi connectivity index (χ0v) is 14.8. The number of hydrazone groups is 1. The maximum Gasteiger partial charge on any atom is 0.280 e. The highest BCUT2D eigenvalue weighted by Crippen LogP contribution is 2.31. The molecule has 0 saturated heterocycles. The fraction of sp³-hybridized carbons (Fsp3) is 0.200. The minimum absolute atomic E-state index is 0.0680. The van der Waals surface area contributed by atoms with E-state index in [2.05, 4.69) is 17.1 Å². The zero-order valence-electron chi connectivity index (χ0n) is 14.8. The quantitative estimate of drug-likeness (QED) is 0.434. The number of phenols is 1. The molecule has 0 bridgehead atoms. The Labute approximate surface area is 152 Å². The number of methoxy groups -OCH3 is 1. The number of allylic oxidation sites excluding steroid dienone is 1. The molecule has 0 radical (unpaired) electrons. The smallest absolute Gasteiger partial charge is 0.280 e. The van der Waals surface area contributed by atoms with Gasteiger partial charge in [-0.25, -0.2) is 5.43 Å². The van der Waals surface area contributed by atoms with E-state index in [0.29, 0.717) is 29.0 Å². The highest BCUT2D eigenvalue weighted by atomic mass is 16.5. The molecule has 0 fully saturated rings. The number of rotatable bonds is 8. The summed E-state index contributed by atoms with van der Waals surface area (Å²) >= 11 is 0. The number of carbonyl (C=O) groups is 1. The zero-order chi connectivity index (χ0) is 18.9. The average molecular weight is 354 g/mol. The highest BCUT2D eigenvalue weighted by Gasteiger charge is 2.14. The van der Waals surface area contributed by atoms with Crippen molar-refractivity contribution in [2.24, 2.45) is 5.10 Å². The van der Waals surface area contributed by atoms with Gasteiger partial charge in [0.05, 0.1) is 13.3 Å². The van der Waals surface area contributed by atoms with Crippen LogP contribution in [0.5, 0.6) is 17.2 Å². The fourth-order valence-corrected chi connectivity index (χ4v) is 2.25. The molecule has 0 aliphatic heterocycles. The number of para-hydroxylation sites is 1. The van der Waals surface area contributed by atoms with E-state index >= 15 is 0 Å². The van der Waals surface area contributed by atoms with Crippen molar-refractivity contribution in [3.63, 3.8) is 0 Å². The molecular formula is C20H22N2O4. The second-order valence-electron chi connectivity index (χ2n) is 5.53. The Morgan fingerprint density at radius 1 is 1.35 bits per heavy atom. The van der Waals surface area contributed by atoms with Crippen LogP contribution in [0.4, 0.5) is 0 Å². The summed E-state index contributed by atoms with van der Waals surface area (Å²) in [6.07, 6.45) is 2.94. The lowest BCUT2D eigenvalue weighted by Crippen LogP contribution is -2.33. The Morgan fingerprint density at radius 3 is 2.73 bits per heavy atom. The molecule has 0 aromatic heterocycles. The van der Waals surface area contributed by atoms with Crippen molar-refractivity contribution < 1.29 is 19.4 Å². The molecule has 26 heavy (non-hydrogen) atoms. The molecule has 0 unspecified atom stereocenters. The van der Waals surface area contributed by atoms with Crippen LogP contribution in [0.15, 0.2) is 60.2 Å². The van der Waals surface area contributed by atoms with Crippen LogP contribution >= 0.6 is 0 Å². The normalized spacial score (nSPS) is 11.8. The summed E-state index contributed by atoms with van der Waals surface area (Å²) in [5, 5.41) is 14.0. The molecule has 1 amide bonds. The van der Waals surface area contributed by atoms with Crippen LogP contribution in [0.1, 0.15) is 18.1 Å². The van der Waals surface area contributed by atoms with Crippen LogP contribution in [0.25, 0.3) is 0 Å². The third-order valence-corrected chi connectivity index (χ3v) is 3.57. The number of amides is 1. The van der Waals surface area contributed by atoms with Gasteiger partial charge in [-0.2, -0.15) is 5.10 Å². The Hall–Kier alpha value is -3.28. The maximum atomic E-state index is 12.1. The van der Waals surface area contributed by atoms with E-state index in [9.17, 15) is 9.90 Å². The predicted octanol–water partition coefficient (Wildman–Crippen LogP) is 3.05. The molecule has 2 rings (SSSR count). The third-order valence-electron chi connectivity index (χ3n) is 3.57. The first-order chi connectivity index (χ1) is 12.5. The Balaban J connectivity index is 2.01. The Bertz CT molecular complexity index is 788. The van der Waals surface area contributed by atoms with E-state index in [1.54, 1.807) is 37.3 Å². The van der Waals surface area contributed by atoms with Crippen molar-refractivity contribution in [1.82, 2.24) is 5.43 Å². The number of aromatic hydroxyl groups is 1. The standard InChI is InChI=1S/C20H22N2O4/c1-4-8-16-11-15(12-18(25-3)19(16)23)13-21-22-20(24)14(2)26-17-9-6-5-7-10-17/h4-7,9-14,23H,1,8H2,2-3H3,(H,22,24)/b21-13-/t14-/m1/s1. The van der Waals surface area contributed by atoms with Crippen molar-refractivity contribution in [2.45, 2.75) is 19.4 Å². The van der Waals surface area contributed by atoms with Gasteiger partial charge in [0.1, 0.15) is 5.75 Å². The van der Waals surface area contributed by atoms with E-state index in [4.69, 9.17) is 9.47 Å². The van der Waals surface area contributed by atoms with Gasteiger partial charge < -0.3 is 14.6 Å². The lowest BCUT2D eigenvalue weighted by molar-refractivity contribution is -0.127. The van der Waals surface area contributed by atoms with Crippen molar-refractivity contribution in [3.8, 4) is 17.2 Å². The van der Waals surface area contributed by atoms with Crippen LogP contribution in [0, 0.1) is 0 Å².